The predicted octanol–water partition coefficient (Wildman–Crippen LogP) is 3.38. The summed E-state index contributed by atoms with van der Waals surface area (Å²) in [6.45, 7) is 0.295. The molecular formula is C19H19N3O3S. The van der Waals surface area contributed by atoms with Crippen LogP contribution in [-0.4, -0.2) is 33.4 Å². The maximum atomic E-state index is 12.2. The minimum Gasteiger partial charge on any atom is -0.497 e. The normalized spacial score (nSPS) is 10.5. The fourth-order valence-corrected chi connectivity index (χ4v) is 3.08. The van der Waals surface area contributed by atoms with Gasteiger partial charge in [-0.15, -0.1) is 10.2 Å². The van der Waals surface area contributed by atoms with Gasteiger partial charge in [-0.25, -0.2) is 0 Å². The van der Waals surface area contributed by atoms with E-state index in [9.17, 15) is 4.79 Å². The van der Waals surface area contributed by atoms with Crippen molar-refractivity contribution < 1.29 is 14.3 Å². The lowest BCUT2D eigenvalue weighted by Gasteiger charge is -2.07. The minimum absolute atomic E-state index is 0.0645. The van der Waals surface area contributed by atoms with Gasteiger partial charge in [-0.3, -0.25) is 4.79 Å². The molecule has 134 valence electrons. The summed E-state index contributed by atoms with van der Waals surface area (Å²) in [5, 5.41) is 8.97. The monoisotopic (exact) mass is 369 g/mol. The first-order valence-corrected chi connectivity index (χ1v) is 9.02. The van der Waals surface area contributed by atoms with Crippen LogP contribution >= 0.6 is 11.8 Å². The number of thioether (sulfide) groups is 1. The lowest BCUT2D eigenvalue weighted by Crippen LogP contribution is -2.06. The summed E-state index contributed by atoms with van der Waals surface area (Å²) in [5.74, 6) is 2.57. The van der Waals surface area contributed by atoms with Crippen LogP contribution in [0, 0.1) is 0 Å². The number of aromatic nitrogens is 3. The second-order valence-corrected chi connectivity index (χ2v) is 6.44. The Bertz CT molecular complexity index is 863. The molecule has 0 spiro atoms. The van der Waals surface area contributed by atoms with E-state index in [4.69, 9.17) is 9.47 Å². The molecule has 1 heterocycles. The van der Waals surface area contributed by atoms with Crippen molar-refractivity contribution in [3.8, 4) is 11.5 Å². The standard InChI is InChI=1S/C19H19N3O3S/c1-22-18(12-25-16-10-8-15(24-2)9-11-16)20-21-19(22)26-13-17(23)14-6-4-3-5-7-14/h3-11H,12-13H2,1-2H3. The van der Waals surface area contributed by atoms with E-state index in [0.717, 1.165) is 11.5 Å². The van der Waals surface area contributed by atoms with Crippen LogP contribution in [0.25, 0.3) is 0 Å². The van der Waals surface area contributed by atoms with E-state index in [1.54, 1.807) is 7.11 Å². The average Bonchev–Trinajstić information content (AvgIpc) is 3.05. The van der Waals surface area contributed by atoms with Gasteiger partial charge in [-0.2, -0.15) is 0 Å². The fourth-order valence-electron chi connectivity index (χ4n) is 2.25. The van der Waals surface area contributed by atoms with E-state index in [1.165, 1.54) is 11.8 Å². The number of Topliss-reactive ketones (excluding diaryl/α,β-unsaturated/α-hetero) is 1. The summed E-state index contributed by atoms with van der Waals surface area (Å²) < 4.78 is 12.7. The number of hydrogen-bond acceptors (Lipinski definition) is 6. The number of ether oxygens (including phenoxy) is 2. The van der Waals surface area contributed by atoms with Crippen LogP contribution in [-0.2, 0) is 13.7 Å². The average molecular weight is 369 g/mol. The van der Waals surface area contributed by atoms with Gasteiger partial charge in [0.15, 0.2) is 16.8 Å². The Kier molecular flexibility index (Phi) is 5.91. The Balaban J connectivity index is 1.56. The van der Waals surface area contributed by atoms with Crippen molar-refractivity contribution in [1.29, 1.82) is 0 Å². The summed E-state index contributed by atoms with van der Waals surface area (Å²) in [7, 11) is 3.49. The van der Waals surface area contributed by atoms with Crippen LogP contribution in [0.2, 0.25) is 0 Å². The maximum Gasteiger partial charge on any atom is 0.191 e. The van der Waals surface area contributed by atoms with Gasteiger partial charge in [0.25, 0.3) is 0 Å². The maximum absolute atomic E-state index is 12.2. The smallest absolute Gasteiger partial charge is 0.191 e. The van der Waals surface area contributed by atoms with E-state index < -0.39 is 0 Å². The van der Waals surface area contributed by atoms with Gasteiger partial charge >= 0.3 is 0 Å². The number of hydrogen-bond donors (Lipinski definition) is 0. The topological polar surface area (TPSA) is 66.2 Å². The summed E-state index contributed by atoms with van der Waals surface area (Å²) >= 11 is 1.37. The first kappa shape index (κ1) is 18.0. The third-order valence-electron chi connectivity index (χ3n) is 3.78. The van der Waals surface area contributed by atoms with Crippen LogP contribution in [0.4, 0.5) is 0 Å². The third-order valence-corrected chi connectivity index (χ3v) is 4.80. The van der Waals surface area contributed by atoms with Crippen LogP contribution in [0.5, 0.6) is 11.5 Å². The molecular weight excluding hydrogens is 350 g/mol. The van der Waals surface area contributed by atoms with Gasteiger partial charge < -0.3 is 14.0 Å². The van der Waals surface area contributed by atoms with E-state index >= 15 is 0 Å². The van der Waals surface area contributed by atoms with Gasteiger partial charge in [0, 0.05) is 12.6 Å². The van der Waals surface area contributed by atoms with Crippen LogP contribution in [0.3, 0.4) is 0 Å². The highest BCUT2D eigenvalue weighted by atomic mass is 32.2. The summed E-state index contributed by atoms with van der Waals surface area (Å²) in [6, 6.07) is 16.6. The van der Waals surface area contributed by atoms with Crippen LogP contribution < -0.4 is 9.47 Å². The Morgan fingerprint density at radius 3 is 2.42 bits per heavy atom. The molecule has 3 aromatic rings. The Morgan fingerprint density at radius 1 is 1.04 bits per heavy atom. The van der Waals surface area contributed by atoms with E-state index in [-0.39, 0.29) is 5.78 Å². The zero-order chi connectivity index (χ0) is 18.4. The lowest BCUT2D eigenvalue weighted by molar-refractivity contribution is 0.102. The highest BCUT2D eigenvalue weighted by Gasteiger charge is 2.13. The number of methoxy groups -OCH3 is 1. The number of carbonyl (C=O) groups excluding carboxylic acids is 1. The summed E-state index contributed by atoms with van der Waals surface area (Å²) in [5.41, 5.74) is 0.699. The van der Waals surface area contributed by atoms with Crippen molar-refractivity contribution in [3.05, 3.63) is 66.0 Å². The molecule has 2 aromatic carbocycles. The van der Waals surface area contributed by atoms with Gasteiger partial charge in [0.2, 0.25) is 0 Å². The molecule has 7 heteroatoms. The van der Waals surface area contributed by atoms with Crippen LogP contribution in [0.1, 0.15) is 16.2 Å². The van der Waals surface area contributed by atoms with Gasteiger partial charge in [-0.1, -0.05) is 42.1 Å². The number of nitrogens with zero attached hydrogens (tertiary/aromatic N) is 3. The fraction of sp³-hybridized carbons (Fsp3) is 0.211. The van der Waals surface area contributed by atoms with Crippen molar-refractivity contribution >= 4 is 17.5 Å². The molecule has 6 nitrogen and oxygen atoms in total. The molecule has 0 fully saturated rings. The molecule has 0 saturated carbocycles. The molecule has 0 radical (unpaired) electrons. The van der Waals surface area contributed by atoms with Gasteiger partial charge in [-0.05, 0) is 24.3 Å². The SMILES string of the molecule is COc1ccc(OCc2nnc(SCC(=O)c3ccccc3)n2C)cc1. The van der Waals surface area contributed by atoms with Crippen molar-refractivity contribution in [1.82, 2.24) is 14.8 Å². The summed E-state index contributed by atoms with van der Waals surface area (Å²) in [6.07, 6.45) is 0. The predicted molar refractivity (Wildman–Crippen MR) is 99.8 cm³/mol. The molecule has 0 aliphatic carbocycles. The number of rotatable bonds is 8. The second kappa shape index (κ2) is 8.53. The molecule has 0 atom stereocenters. The molecule has 1 aromatic heterocycles. The molecule has 0 aliphatic heterocycles. The van der Waals surface area contributed by atoms with Crippen LogP contribution in [0.15, 0.2) is 59.8 Å². The van der Waals surface area contributed by atoms with E-state index in [2.05, 4.69) is 10.2 Å². The van der Waals surface area contributed by atoms with Crippen molar-refractivity contribution in [2.24, 2.45) is 7.05 Å². The summed E-state index contributed by atoms with van der Waals surface area (Å²) in [4.78, 5) is 12.2. The number of ketones is 1. The second-order valence-electron chi connectivity index (χ2n) is 5.50. The number of benzene rings is 2. The molecule has 0 N–H and O–H groups in total. The molecule has 0 saturated heterocycles. The molecule has 0 unspecified atom stereocenters. The molecule has 26 heavy (non-hydrogen) atoms. The molecule has 3 rings (SSSR count). The lowest BCUT2D eigenvalue weighted by atomic mass is 10.2. The molecule has 0 bridgehead atoms. The largest absolute Gasteiger partial charge is 0.497 e. The van der Waals surface area contributed by atoms with Crippen molar-refractivity contribution in [2.75, 3.05) is 12.9 Å². The highest BCUT2D eigenvalue weighted by molar-refractivity contribution is 7.99. The zero-order valence-corrected chi connectivity index (χ0v) is 15.4. The highest BCUT2D eigenvalue weighted by Crippen LogP contribution is 2.20. The first-order valence-electron chi connectivity index (χ1n) is 8.03. The Hall–Kier alpha value is -2.80. The Labute approximate surface area is 156 Å². The molecule has 0 aliphatic rings. The first-order chi connectivity index (χ1) is 12.7. The van der Waals surface area contributed by atoms with E-state index in [1.807, 2.05) is 66.2 Å². The van der Waals surface area contributed by atoms with E-state index in [0.29, 0.717) is 28.9 Å². The molecule has 0 amide bonds. The van der Waals surface area contributed by atoms with Gasteiger partial charge in [0.1, 0.15) is 18.1 Å². The quantitative estimate of drug-likeness (QED) is 0.448. The third kappa shape index (κ3) is 4.43. The number of carbonyl (C=O) groups is 1. The van der Waals surface area contributed by atoms with Crippen molar-refractivity contribution in [2.45, 2.75) is 11.8 Å². The van der Waals surface area contributed by atoms with Gasteiger partial charge in [0.05, 0.1) is 12.9 Å². The van der Waals surface area contributed by atoms with Crippen molar-refractivity contribution in [3.63, 3.8) is 0 Å². The zero-order valence-electron chi connectivity index (χ0n) is 14.6. The minimum atomic E-state index is 0.0645. The Morgan fingerprint density at radius 2 is 1.73 bits per heavy atom.